The average Bonchev–Trinajstić information content (AvgIpc) is 2.75. The molecule has 30 heavy (non-hydrogen) atoms. The van der Waals surface area contributed by atoms with Crippen molar-refractivity contribution >= 4 is 37.6 Å². The summed E-state index contributed by atoms with van der Waals surface area (Å²) in [6.07, 6.45) is 0. The van der Waals surface area contributed by atoms with Crippen LogP contribution in [0.2, 0.25) is 0 Å². The smallest absolute Gasteiger partial charge is 0.338 e. The third-order valence-corrected chi connectivity index (χ3v) is 7.58. The predicted octanol–water partition coefficient (Wildman–Crippen LogP) is 3.15. The first-order valence-corrected chi connectivity index (χ1v) is 12.0. The molecule has 0 aromatic heterocycles. The van der Waals surface area contributed by atoms with E-state index in [1.807, 2.05) is 18.2 Å². The Labute approximate surface area is 185 Å². The van der Waals surface area contributed by atoms with Crippen molar-refractivity contribution in [2.45, 2.75) is 11.8 Å². The number of sulfonamides is 1. The highest BCUT2D eigenvalue weighted by atomic mass is 79.9. The number of anilines is 1. The fourth-order valence-corrected chi connectivity index (χ4v) is 5.71. The molecule has 0 bridgehead atoms. The molecule has 0 amide bonds. The van der Waals surface area contributed by atoms with Gasteiger partial charge in [0.05, 0.1) is 31.1 Å². The average molecular weight is 497 g/mol. The quantitative estimate of drug-likeness (QED) is 0.522. The number of halogens is 1. The zero-order valence-corrected chi connectivity index (χ0v) is 19.2. The normalized spacial score (nSPS) is 15.0. The highest BCUT2D eigenvalue weighted by Crippen LogP contribution is 2.29. The first-order valence-electron chi connectivity index (χ1n) is 9.78. The molecule has 1 fully saturated rings. The molecule has 1 aliphatic rings. The van der Waals surface area contributed by atoms with Crippen molar-refractivity contribution in [3.05, 3.63) is 58.6 Å². The molecule has 1 saturated heterocycles. The number of morpholine rings is 1. The van der Waals surface area contributed by atoms with Gasteiger partial charge in [-0.2, -0.15) is 0 Å². The molecule has 0 radical (unpaired) electrons. The minimum absolute atomic E-state index is 0.0985. The summed E-state index contributed by atoms with van der Waals surface area (Å²) in [7, 11) is -3.86. The van der Waals surface area contributed by atoms with E-state index in [0.29, 0.717) is 42.0 Å². The van der Waals surface area contributed by atoms with Crippen molar-refractivity contribution in [2.75, 3.05) is 50.3 Å². The number of esters is 1. The Morgan fingerprint density at radius 1 is 1.17 bits per heavy atom. The summed E-state index contributed by atoms with van der Waals surface area (Å²) in [5.74, 6) is -0.491. The van der Waals surface area contributed by atoms with Gasteiger partial charge in [0.2, 0.25) is 0 Å². The molecule has 0 N–H and O–H groups in total. The van der Waals surface area contributed by atoms with E-state index in [2.05, 4.69) is 20.8 Å². The van der Waals surface area contributed by atoms with Crippen LogP contribution in [0.3, 0.4) is 0 Å². The van der Waals surface area contributed by atoms with Crippen LogP contribution in [0.15, 0.2) is 57.9 Å². The second-order valence-corrected chi connectivity index (χ2v) is 9.42. The Kier molecular flexibility index (Phi) is 7.87. The van der Waals surface area contributed by atoms with Crippen molar-refractivity contribution in [2.24, 2.45) is 0 Å². The van der Waals surface area contributed by atoms with Crippen LogP contribution in [-0.2, 0) is 19.5 Å². The summed E-state index contributed by atoms with van der Waals surface area (Å²) < 4.78 is 39.2. The molecule has 0 unspecified atom stereocenters. The summed E-state index contributed by atoms with van der Waals surface area (Å²) in [4.78, 5) is 14.3. The molecule has 0 saturated carbocycles. The number of para-hydroxylation sites is 1. The highest BCUT2D eigenvalue weighted by molar-refractivity contribution is 9.10. The lowest BCUT2D eigenvalue weighted by atomic mass is 10.2. The van der Waals surface area contributed by atoms with E-state index >= 15 is 0 Å². The molecule has 2 aromatic carbocycles. The lowest BCUT2D eigenvalue weighted by Gasteiger charge is -2.31. The molecule has 2 aromatic rings. The van der Waals surface area contributed by atoms with Gasteiger partial charge in [-0.05, 0) is 53.2 Å². The largest absolute Gasteiger partial charge is 0.462 e. The summed E-state index contributed by atoms with van der Waals surface area (Å²) in [6, 6.07) is 13.4. The van der Waals surface area contributed by atoms with Gasteiger partial charge < -0.3 is 9.47 Å². The molecular formula is C21H25BrN2O5S. The van der Waals surface area contributed by atoms with Gasteiger partial charge in [-0.1, -0.05) is 18.2 Å². The molecule has 162 valence electrons. The highest BCUT2D eigenvalue weighted by Gasteiger charge is 2.28. The maximum absolute atomic E-state index is 13.6. The van der Waals surface area contributed by atoms with Crippen molar-refractivity contribution in [3.8, 4) is 0 Å². The number of hydrogen-bond donors (Lipinski definition) is 0. The van der Waals surface area contributed by atoms with Gasteiger partial charge in [-0.3, -0.25) is 9.21 Å². The molecule has 1 aliphatic heterocycles. The Bertz CT molecular complexity index is 963. The molecule has 7 nitrogen and oxygen atoms in total. The molecule has 1 heterocycles. The predicted molar refractivity (Wildman–Crippen MR) is 118 cm³/mol. The summed E-state index contributed by atoms with van der Waals surface area (Å²) >= 11 is 3.33. The first-order chi connectivity index (χ1) is 14.4. The van der Waals surface area contributed by atoms with E-state index in [-0.39, 0.29) is 11.5 Å². The molecule has 9 heteroatoms. The topological polar surface area (TPSA) is 76.2 Å². The number of rotatable bonds is 8. The maximum Gasteiger partial charge on any atom is 0.338 e. The van der Waals surface area contributed by atoms with Crippen LogP contribution < -0.4 is 4.31 Å². The Balaban J connectivity index is 1.90. The summed E-state index contributed by atoms with van der Waals surface area (Å²) in [5, 5.41) is 0. The Hall–Kier alpha value is -1.94. The van der Waals surface area contributed by atoms with Crippen molar-refractivity contribution in [1.29, 1.82) is 0 Å². The first kappa shape index (κ1) is 22.7. The Morgan fingerprint density at radius 2 is 1.87 bits per heavy atom. The molecule has 0 spiro atoms. The van der Waals surface area contributed by atoms with Gasteiger partial charge in [0.1, 0.15) is 4.90 Å². The molecular weight excluding hydrogens is 472 g/mol. The van der Waals surface area contributed by atoms with Crippen molar-refractivity contribution in [3.63, 3.8) is 0 Å². The van der Waals surface area contributed by atoms with Crippen molar-refractivity contribution < 1.29 is 22.7 Å². The van der Waals surface area contributed by atoms with Crippen LogP contribution in [0.1, 0.15) is 17.3 Å². The fourth-order valence-electron chi connectivity index (χ4n) is 3.21. The lowest BCUT2D eigenvalue weighted by molar-refractivity contribution is 0.0395. The Morgan fingerprint density at radius 3 is 2.50 bits per heavy atom. The van der Waals surface area contributed by atoms with Crippen LogP contribution in [-0.4, -0.2) is 65.3 Å². The second kappa shape index (κ2) is 10.4. The zero-order chi connectivity index (χ0) is 21.6. The number of ether oxygens (including phenoxy) is 2. The van der Waals surface area contributed by atoms with E-state index in [4.69, 9.17) is 9.47 Å². The van der Waals surface area contributed by atoms with Crippen LogP contribution in [0.25, 0.3) is 0 Å². The number of hydrogen-bond acceptors (Lipinski definition) is 6. The molecule has 0 atom stereocenters. The third-order valence-electron chi connectivity index (χ3n) is 4.78. The van der Waals surface area contributed by atoms with E-state index in [1.165, 1.54) is 22.5 Å². The zero-order valence-electron chi connectivity index (χ0n) is 16.8. The van der Waals surface area contributed by atoms with E-state index in [9.17, 15) is 13.2 Å². The van der Waals surface area contributed by atoms with Gasteiger partial charge in [0.15, 0.2) is 0 Å². The summed E-state index contributed by atoms with van der Waals surface area (Å²) in [6.45, 7) is 5.73. The van der Waals surface area contributed by atoms with Gasteiger partial charge in [0, 0.05) is 30.7 Å². The van der Waals surface area contributed by atoms with E-state index in [0.717, 1.165) is 13.1 Å². The van der Waals surface area contributed by atoms with E-state index < -0.39 is 16.0 Å². The van der Waals surface area contributed by atoms with Crippen molar-refractivity contribution in [1.82, 2.24) is 4.90 Å². The number of carbonyl (C=O) groups is 1. The third kappa shape index (κ3) is 5.40. The summed E-state index contributed by atoms with van der Waals surface area (Å²) in [5.41, 5.74) is 0.884. The van der Waals surface area contributed by atoms with Gasteiger partial charge in [-0.25, -0.2) is 13.2 Å². The molecule has 3 rings (SSSR count). The van der Waals surface area contributed by atoms with Crippen LogP contribution in [0, 0.1) is 0 Å². The second-order valence-electron chi connectivity index (χ2n) is 6.73. The SMILES string of the molecule is CCOC(=O)c1ccc(S(=O)(=O)N(CCN2CCOCC2)c2ccccc2)c(Br)c1. The minimum Gasteiger partial charge on any atom is -0.462 e. The fraction of sp³-hybridized carbons (Fsp3) is 0.381. The van der Waals surface area contributed by atoms with Gasteiger partial charge in [0.25, 0.3) is 10.0 Å². The van der Waals surface area contributed by atoms with E-state index in [1.54, 1.807) is 19.1 Å². The van der Waals surface area contributed by atoms with Gasteiger partial charge >= 0.3 is 5.97 Å². The van der Waals surface area contributed by atoms with Crippen LogP contribution in [0.4, 0.5) is 5.69 Å². The van der Waals surface area contributed by atoms with Crippen LogP contribution in [0.5, 0.6) is 0 Å². The number of carbonyl (C=O) groups excluding carboxylic acids is 1. The van der Waals surface area contributed by atoms with Crippen LogP contribution >= 0.6 is 15.9 Å². The van der Waals surface area contributed by atoms with Gasteiger partial charge in [-0.15, -0.1) is 0 Å². The molecule has 0 aliphatic carbocycles. The lowest BCUT2D eigenvalue weighted by Crippen LogP contribution is -2.43. The minimum atomic E-state index is -3.86. The number of benzene rings is 2. The monoisotopic (exact) mass is 496 g/mol. The number of nitrogens with zero attached hydrogens (tertiary/aromatic N) is 2. The standard InChI is InChI=1S/C21H25BrN2O5S/c1-2-29-21(25)17-8-9-20(19(22)16-17)30(26,27)24(18-6-4-3-5-7-18)11-10-23-12-14-28-15-13-23/h3-9,16H,2,10-15H2,1H3. The maximum atomic E-state index is 13.6.